The summed E-state index contributed by atoms with van der Waals surface area (Å²) < 4.78 is 1.23. The van der Waals surface area contributed by atoms with Crippen LogP contribution in [0.15, 0.2) is 24.3 Å². The fourth-order valence-electron chi connectivity index (χ4n) is 0.628. The molecular weight excluding hydrogens is 111 g/mol. The summed E-state index contributed by atoms with van der Waals surface area (Å²) in [4.78, 5) is 0. The van der Waals surface area contributed by atoms with E-state index >= 15 is 0 Å². The summed E-state index contributed by atoms with van der Waals surface area (Å²) in [5.41, 5.74) is 0. The van der Waals surface area contributed by atoms with Crippen molar-refractivity contribution in [3.8, 4) is 5.75 Å². The number of hydrogen-bond donors (Lipinski definition) is 1. The Hall–Kier alpha value is 0.0200. The van der Waals surface area contributed by atoms with E-state index in [0.717, 1.165) is 27.9 Å². The minimum atomic E-state index is 0.373. The molecule has 0 radical (unpaired) electrons. The van der Waals surface area contributed by atoms with Crippen LogP contribution in [-0.2, 0) is 0 Å². The molecule has 0 unspecified atom stereocenters. The van der Waals surface area contributed by atoms with Gasteiger partial charge in [-0.2, -0.15) is 0 Å². The van der Waals surface area contributed by atoms with Gasteiger partial charge in [0.2, 0.25) is 0 Å². The Labute approximate surface area is 65.8 Å². The number of phenols is 1. The van der Waals surface area contributed by atoms with Gasteiger partial charge >= 0.3 is 65.9 Å². The Kier molecular flexibility index (Phi) is 1.95. The van der Waals surface area contributed by atoms with Gasteiger partial charge in [0.1, 0.15) is 0 Å². The SMILES string of the molecule is Oc1ccc[c]([Na])c1. The van der Waals surface area contributed by atoms with Gasteiger partial charge in [-0.3, -0.25) is 0 Å². The molecule has 0 saturated carbocycles. The second-order valence-corrected chi connectivity index (χ2v) is 2.99. The van der Waals surface area contributed by atoms with Gasteiger partial charge in [-0.05, 0) is 0 Å². The summed E-state index contributed by atoms with van der Waals surface area (Å²) in [5, 5.41) is 8.84. The van der Waals surface area contributed by atoms with Gasteiger partial charge < -0.3 is 0 Å². The Morgan fingerprint density at radius 2 is 2.12 bits per heavy atom. The van der Waals surface area contributed by atoms with Crippen LogP contribution < -0.4 is 2.81 Å². The van der Waals surface area contributed by atoms with E-state index in [1.165, 1.54) is 2.81 Å². The fourth-order valence-corrected chi connectivity index (χ4v) is 1.12. The van der Waals surface area contributed by atoms with Crippen molar-refractivity contribution in [2.75, 3.05) is 0 Å². The van der Waals surface area contributed by atoms with Crippen LogP contribution in [0.1, 0.15) is 0 Å². The predicted octanol–water partition coefficient (Wildman–Crippen LogP) is 0.186. The zero-order valence-corrected chi connectivity index (χ0v) is 6.76. The van der Waals surface area contributed by atoms with Crippen LogP contribution in [0.25, 0.3) is 0 Å². The molecule has 1 nitrogen and oxygen atoms in total. The summed E-state index contributed by atoms with van der Waals surface area (Å²) in [5.74, 6) is 0.373. The van der Waals surface area contributed by atoms with E-state index in [4.69, 9.17) is 5.11 Å². The van der Waals surface area contributed by atoms with Crippen molar-refractivity contribution in [1.29, 1.82) is 0 Å². The van der Waals surface area contributed by atoms with Crippen molar-refractivity contribution < 1.29 is 5.11 Å². The molecule has 0 heterocycles. The quantitative estimate of drug-likeness (QED) is 0.479. The zero-order valence-electron chi connectivity index (χ0n) is 4.76. The predicted molar refractivity (Wildman–Crippen MR) is 33.5 cm³/mol. The van der Waals surface area contributed by atoms with Crippen LogP contribution >= 0.6 is 0 Å². The van der Waals surface area contributed by atoms with Gasteiger partial charge in [0, 0.05) is 0 Å². The molecule has 0 aliphatic carbocycles. The molecule has 1 rings (SSSR count). The molecule has 0 aliphatic rings. The number of rotatable bonds is 0. The summed E-state index contributed by atoms with van der Waals surface area (Å²) in [6, 6.07) is 7.33. The van der Waals surface area contributed by atoms with Gasteiger partial charge in [0.25, 0.3) is 0 Å². The van der Waals surface area contributed by atoms with Crippen molar-refractivity contribution in [1.82, 2.24) is 0 Å². The molecule has 0 aromatic heterocycles. The van der Waals surface area contributed by atoms with Crippen LogP contribution in [0.5, 0.6) is 5.75 Å². The maximum atomic E-state index is 8.84. The second-order valence-electron chi connectivity index (χ2n) is 1.84. The molecule has 0 saturated heterocycles. The molecule has 0 fully saturated rings. The Morgan fingerprint density at radius 1 is 1.38 bits per heavy atom. The first kappa shape index (κ1) is 6.14. The average molecular weight is 116 g/mol. The van der Waals surface area contributed by atoms with Crippen LogP contribution in [-0.4, -0.2) is 33.0 Å². The van der Waals surface area contributed by atoms with E-state index in [2.05, 4.69) is 0 Å². The third-order valence-corrected chi connectivity index (χ3v) is 1.62. The fraction of sp³-hybridized carbons (Fsp3) is 0. The molecule has 1 aromatic carbocycles. The summed E-state index contributed by atoms with van der Waals surface area (Å²) >= 11 is 1.01. The summed E-state index contributed by atoms with van der Waals surface area (Å²) in [6.07, 6.45) is 0. The van der Waals surface area contributed by atoms with Gasteiger partial charge in [-0.1, -0.05) is 0 Å². The van der Waals surface area contributed by atoms with E-state index in [1.807, 2.05) is 12.1 Å². The van der Waals surface area contributed by atoms with Crippen molar-refractivity contribution >= 4 is 30.7 Å². The van der Waals surface area contributed by atoms with E-state index in [9.17, 15) is 0 Å². The number of benzene rings is 1. The third-order valence-electron chi connectivity index (χ3n) is 1.00. The van der Waals surface area contributed by atoms with Gasteiger partial charge in [-0.25, -0.2) is 0 Å². The molecule has 1 aromatic rings. The average Bonchev–Trinajstić information content (AvgIpc) is 1.64. The topological polar surface area (TPSA) is 20.2 Å². The van der Waals surface area contributed by atoms with E-state index in [1.54, 1.807) is 12.1 Å². The van der Waals surface area contributed by atoms with E-state index < -0.39 is 0 Å². The number of aromatic hydroxyl groups is 1. The summed E-state index contributed by atoms with van der Waals surface area (Å²) in [6.45, 7) is 0. The van der Waals surface area contributed by atoms with Gasteiger partial charge in [-0.15, -0.1) is 0 Å². The zero-order chi connectivity index (χ0) is 5.98. The molecule has 8 heavy (non-hydrogen) atoms. The van der Waals surface area contributed by atoms with E-state index in [0.29, 0.717) is 5.75 Å². The summed E-state index contributed by atoms with van der Waals surface area (Å²) in [7, 11) is 0. The minimum absolute atomic E-state index is 0.373. The van der Waals surface area contributed by atoms with Crippen molar-refractivity contribution in [3.05, 3.63) is 24.3 Å². The van der Waals surface area contributed by atoms with Crippen molar-refractivity contribution in [3.63, 3.8) is 0 Å². The van der Waals surface area contributed by atoms with Crippen molar-refractivity contribution in [2.45, 2.75) is 0 Å². The number of phenolic OH excluding ortho intramolecular Hbond substituents is 1. The monoisotopic (exact) mass is 116 g/mol. The first-order valence-electron chi connectivity index (χ1n) is 2.54. The molecule has 36 valence electrons. The Morgan fingerprint density at radius 3 is 2.50 bits per heavy atom. The first-order chi connectivity index (χ1) is 3.79. The Balaban J connectivity index is 3.08. The molecule has 1 N–H and O–H groups in total. The Bertz CT molecular complexity index is 168. The first-order valence-corrected chi connectivity index (χ1v) is 3.54. The molecular formula is C6H5NaO. The number of hydrogen-bond acceptors (Lipinski definition) is 1. The molecule has 0 atom stereocenters. The molecule has 0 amide bonds. The molecule has 0 spiro atoms. The maximum absolute atomic E-state index is 8.84. The third kappa shape index (κ3) is 1.51. The van der Waals surface area contributed by atoms with Gasteiger partial charge in [0.15, 0.2) is 0 Å². The normalized spacial score (nSPS) is 9.25. The van der Waals surface area contributed by atoms with Crippen LogP contribution in [0.3, 0.4) is 0 Å². The molecule has 2 heteroatoms. The molecule has 0 bridgehead atoms. The van der Waals surface area contributed by atoms with E-state index in [-0.39, 0.29) is 0 Å². The standard InChI is InChI=1S/C6H5O.Na/c7-6-4-2-1-3-5-6;/h1-2,4-5,7H;. The van der Waals surface area contributed by atoms with Crippen LogP contribution in [0, 0.1) is 0 Å². The van der Waals surface area contributed by atoms with Gasteiger partial charge in [0.05, 0.1) is 0 Å². The molecule has 0 aliphatic heterocycles. The van der Waals surface area contributed by atoms with Crippen molar-refractivity contribution in [2.24, 2.45) is 0 Å². The van der Waals surface area contributed by atoms with Crippen LogP contribution in [0.2, 0.25) is 0 Å². The van der Waals surface area contributed by atoms with Crippen LogP contribution in [0.4, 0.5) is 0 Å². The second kappa shape index (κ2) is 2.53.